The summed E-state index contributed by atoms with van der Waals surface area (Å²) >= 11 is 0. The first-order chi connectivity index (χ1) is 3.43. The molecule has 0 aromatic heterocycles. The topological polar surface area (TPSA) is 26.0 Å². The smallest absolute Gasteiger partial charge is 0.0591 e. The second-order valence-electron chi connectivity index (χ2n) is 2.15. The van der Waals surface area contributed by atoms with E-state index in [0.717, 1.165) is 0 Å². The summed E-state index contributed by atoms with van der Waals surface area (Å²) in [4.78, 5) is 0. The molecular formula is C6H11N. The predicted octanol–water partition coefficient (Wildman–Crippen LogP) is 1.17. The molecule has 1 rings (SSSR count). The molecule has 0 atom stereocenters. The first-order valence-electron chi connectivity index (χ1n) is 2.89. The van der Waals surface area contributed by atoms with Gasteiger partial charge in [0, 0.05) is 0 Å². The lowest BCUT2D eigenvalue weighted by molar-refractivity contribution is 0.627. The Morgan fingerprint density at radius 1 is 1.29 bits per heavy atom. The van der Waals surface area contributed by atoms with E-state index in [1.807, 2.05) is 0 Å². The van der Waals surface area contributed by atoms with Gasteiger partial charge in [-0.05, 0) is 18.8 Å². The Labute approximate surface area is 44.9 Å². The van der Waals surface area contributed by atoms with Gasteiger partial charge in [0.15, 0.2) is 0 Å². The van der Waals surface area contributed by atoms with E-state index in [4.69, 9.17) is 5.73 Å². The lowest BCUT2D eigenvalue weighted by atomic mass is 10.1. The van der Waals surface area contributed by atoms with Crippen LogP contribution >= 0.6 is 0 Å². The molecule has 1 aliphatic rings. The molecule has 2 N–H and O–H groups in total. The summed E-state index contributed by atoms with van der Waals surface area (Å²) in [6, 6.07) is 0. The third-order valence-corrected chi connectivity index (χ3v) is 1.59. The maximum Gasteiger partial charge on any atom is 0.0591 e. The van der Waals surface area contributed by atoms with Gasteiger partial charge < -0.3 is 5.73 Å². The van der Waals surface area contributed by atoms with Crippen molar-refractivity contribution in [1.29, 1.82) is 0 Å². The number of hydrogen-bond acceptors (Lipinski definition) is 1. The lowest BCUT2D eigenvalue weighted by Gasteiger charge is -1.98. The average Bonchev–Trinajstić information content (AvgIpc) is 2.14. The van der Waals surface area contributed by atoms with Gasteiger partial charge in [0.05, 0.1) is 6.54 Å². The zero-order valence-electron chi connectivity index (χ0n) is 4.48. The van der Waals surface area contributed by atoms with Crippen molar-refractivity contribution in [1.82, 2.24) is 0 Å². The Balaban J connectivity index is 2.14. The molecule has 1 saturated carbocycles. The van der Waals surface area contributed by atoms with Crippen LogP contribution in [0.25, 0.3) is 0 Å². The van der Waals surface area contributed by atoms with Gasteiger partial charge in [0.2, 0.25) is 0 Å². The summed E-state index contributed by atoms with van der Waals surface area (Å²) in [7, 11) is 0. The van der Waals surface area contributed by atoms with Crippen molar-refractivity contribution in [3.05, 3.63) is 6.54 Å². The van der Waals surface area contributed by atoms with Crippen LogP contribution in [0.4, 0.5) is 0 Å². The van der Waals surface area contributed by atoms with Crippen molar-refractivity contribution >= 4 is 0 Å². The Kier molecular flexibility index (Phi) is 1.69. The zero-order valence-corrected chi connectivity index (χ0v) is 4.48. The predicted molar refractivity (Wildman–Crippen MR) is 29.4 cm³/mol. The largest absolute Gasteiger partial charge is 0.322 e. The highest BCUT2D eigenvalue weighted by Crippen LogP contribution is 2.24. The second kappa shape index (κ2) is 2.31. The minimum absolute atomic E-state index is 0.625. The van der Waals surface area contributed by atoms with Crippen molar-refractivity contribution in [2.75, 3.05) is 0 Å². The highest BCUT2D eigenvalue weighted by molar-refractivity contribution is 4.75. The quantitative estimate of drug-likeness (QED) is 0.488. The van der Waals surface area contributed by atoms with E-state index in [9.17, 15) is 0 Å². The first-order valence-corrected chi connectivity index (χ1v) is 2.89. The highest BCUT2D eigenvalue weighted by Gasteiger charge is 2.12. The van der Waals surface area contributed by atoms with Crippen LogP contribution in [-0.4, -0.2) is 0 Å². The lowest BCUT2D eigenvalue weighted by Crippen LogP contribution is -2.01. The fourth-order valence-electron chi connectivity index (χ4n) is 1.09. The van der Waals surface area contributed by atoms with E-state index in [1.165, 1.54) is 25.7 Å². The second-order valence-corrected chi connectivity index (χ2v) is 2.15. The molecule has 0 saturated heterocycles. The summed E-state index contributed by atoms with van der Waals surface area (Å²) in [5, 5.41) is 0. The van der Waals surface area contributed by atoms with E-state index in [2.05, 4.69) is 6.54 Å². The maximum atomic E-state index is 5.18. The summed E-state index contributed by atoms with van der Waals surface area (Å²) in [6.07, 6.45) is 5.26. The Hall–Kier alpha value is -0.0400. The Bertz CT molecular complexity index is 46.1. The molecule has 0 aromatic carbocycles. The van der Waals surface area contributed by atoms with Crippen LogP contribution in [0.2, 0.25) is 0 Å². The highest BCUT2D eigenvalue weighted by atomic mass is 14.5. The molecule has 1 nitrogen and oxygen atoms in total. The van der Waals surface area contributed by atoms with E-state index < -0.39 is 0 Å². The van der Waals surface area contributed by atoms with Gasteiger partial charge in [-0.15, -0.1) is 0 Å². The van der Waals surface area contributed by atoms with Crippen molar-refractivity contribution in [2.45, 2.75) is 25.7 Å². The molecule has 1 aliphatic carbocycles. The van der Waals surface area contributed by atoms with Gasteiger partial charge in [0.25, 0.3) is 0 Å². The third-order valence-electron chi connectivity index (χ3n) is 1.59. The SMILES string of the molecule is N[C]C1CCCC1. The van der Waals surface area contributed by atoms with Crippen LogP contribution in [0, 0.1) is 12.5 Å². The molecule has 7 heavy (non-hydrogen) atoms. The van der Waals surface area contributed by atoms with E-state index >= 15 is 0 Å². The van der Waals surface area contributed by atoms with Gasteiger partial charge >= 0.3 is 0 Å². The fraction of sp³-hybridized carbons (Fsp3) is 0.833. The molecule has 1 fully saturated rings. The Morgan fingerprint density at radius 2 is 1.86 bits per heavy atom. The van der Waals surface area contributed by atoms with E-state index in [0.29, 0.717) is 5.92 Å². The zero-order chi connectivity index (χ0) is 5.11. The molecule has 2 radical (unpaired) electrons. The van der Waals surface area contributed by atoms with Gasteiger partial charge in [-0.1, -0.05) is 12.8 Å². The summed E-state index contributed by atoms with van der Waals surface area (Å²) in [6.45, 7) is 2.76. The van der Waals surface area contributed by atoms with Crippen LogP contribution in [0.1, 0.15) is 25.7 Å². The van der Waals surface area contributed by atoms with Gasteiger partial charge in [0.1, 0.15) is 0 Å². The summed E-state index contributed by atoms with van der Waals surface area (Å²) in [5.74, 6) is 0.625. The summed E-state index contributed by atoms with van der Waals surface area (Å²) < 4.78 is 0. The minimum Gasteiger partial charge on any atom is -0.322 e. The maximum absolute atomic E-state index is 5.18. The molecule has 0 heterocycles. The molecule has 0 amide bonds. The third kappa shape index (κ3) is 1.16. The fourth-order valence-corrected chi connectivity index (χ4v) is 1.09. The van der Waals surface area contributed by atoms with E-state index in [1.54, 1.807) is 0 Å². The van der Waals surface area contributed by atoms with E-state index in [-0.39, 0.29) is 0 Å². The van der Waals surface area contributed by atoms with Gasteiger partial charge in [-0.3, -0.25) is 0 Å². The molecule has 0 spiro atoms. The van der Waals surface area contributed by atoms with Crippen LogP contribution in [-0.2, 0) is 0 Å². The molecule has 0 aromatic rings. The molecular weight excluding hydrogens is 86.1 g/mol. The number of hydrogen-bond donors (Lipinski definition) is 1. The van der Waals surface area contributed by atoms with Crippen molar-refractivity contribution < 1.29 is 0 Å². The van der Waals surface area contributed by atoms with Crippen molar-refractivity contribution in [3.8, 4) is 0 Å². The summed E-state index contributed by atoms with van der Waals surface area (Å²) in [5.41, 5.74) is 5.18. The van der Waals surface area contributed by atoms with Gasteiger partial charge in [-0.2, -0.15) is 0 Å². The molecule has 40 valence electrons. The van der Waals surface area contributed by atoms with Crippen LogP contribution in [0.5, 0.6) is 0 Å². The van der Waals surface area contributed by atoms with Crippen LogP contribution in [0.15, 0.2) is 0 Å². The average molecular weight is 97.2 g/mol. The standard InChI is InChI=1S/C6H11N/c7-5-6-3-1-2-4-6/h6H,1-4,7H2. The van der Waals surface area contributed by atoms with Gasteiger partial charge in [-0.25, -0.2) is 0 Å². The Morgan fingerprint density at radius 3 is 2.14 bits per heavy atom. The molecule has 0 bridgehead atoms. The molecule has 0 aliphatic heterocycles. The van der Waals surface area contributed by atoms with Crippen molar-refractivity contribution in [3.63, 3.8) is 0 Å². The normalized spacial score (nSPS) is 23.6. The molecule has 0 unspecified atom stereocenters. The monoisotopic (exact) mass is 97.1 g/mol. The first kappa shape index (κ1) is 5.10. The minimum atomic E-state index is 0.625. The number of rotatable bonds is 1. The van der Waals surface area contributed by atoms with Crippen molar-refractivity contribution in [2.24, 2.45) is 11.7 Å². The van der Waals surface area contributed by atoms with Crippen LogP contribution < -0.4 is 5.73 Å². The van der Waals surface area contributed by atoms with Crippen LogP contribution in [0.3, 0.4) is 0 Å². The number of nitrogens with two attached hydrogens (primary N) is 1. The molecule has 1 heteroatoms.